The van der Waals surface area contributed by atoms with Gasteiger partial charge in [0.05, 0.1) is 27.6 Å². The summed E-state index contributed by atoms with van der Waals surface area (Å²) in [5, 5.41) is 20.9. The monoisotopic (exact) mass is 533 g/mol. The lowest BCUT2D eigenvalue weighted by Crippen LogP contribution is -2.12. The molecule has 0 spiro atoms. The molecular weight excluding hydrogens is 509 g/mol. The fourth-order valence-corrected chi connectivity index (χ4v) is 4.87. The highest BCUT2D eigenvalue weighted by Gasteiger charge is 2.14. The standard InChI is InChI=1S/C29H24BN5O3S/c1-18-15-29(35(3)30)19(2)14-28(18)34-33-27-13-12-26(24-11-10-23(17-25(24)27)39(36,37)38)32-31-22-9-8-20-6-4-5-7-21(20)16-22/h4-17H,1-3H3,(H,36,37,38). The van der Waals surface area contributed by atoms with Gasteiger partial charge in [-0.2, -0.15) is 18.6 Å². The van der Waals surface area contributed by atoms with Gasteiger partial charge in [0.1, 0.15) is 0 Å². The van der Waals surface area contributed by atoms with Crippen LogP contribution in [0.1, 0.15) is 11.1 Å². The first-order valence-corrected chi connectivity index (χ1v) is 13.5. The Bertz CT molecular complexity index is 1900. The minimum absolute atomic E-state index is 0.252. The molecule has 10 heteroatoms. The SMILES string of the molecule is [B]N(C)c1cc(C)c(N=Nc2ccc(N=Nc3ccc4ccccc4c3)c3ccc(S(=O)(=O)O)cc23)cc1C. The van der Waals surface area contributed by atoms with E-state index in [0.29, 0.717) is 33.5 Å². The van der Waals surface area contributed by atoms with Gasteiger partial charge in [-0.1, -0.05) is 36.4 Å². The molecule has 5 rings (SSSR count). The van der Waals surface area contributed by atoms with Crippen molar-refractivity contribution in [3.8, 4) is 0 Å². The number of hydrogen-bond acceptors (Lipinski definition) is 7. The number of nitrogens with zero attached hydrogens (tertiary/aromatic N) is 5. The van der Waals surface area contributed by atoms with Gasteiger partial charge in [0, 0.05) is 16.5 Å². The maximum absolute atomic E-state index is 11.9. The molecule has 0 saturated heterocycles. The van der Waals surface area contributed by atoms with Gasteiger partial charge < -0.3 is 4.81 Å². The zero-order chi connectivity index (χ0) is 27.7. The summed E-state index contributed by atoms with van der Waals surface area (Å²) in [6, 6.07) is 25.3. The van der Waals surface area contributed by atoms with Gasteiger partial charge in [0.2, 0.25) is 7.98 Å². The Morgan fingerprint density at radius 1 is 0.692 bits per heavy atom. The maximum Gasteiger partial charge on any atom is 0.294 e. The molecule has 0 amide bonds. The number of hydrogen-bond donors (Lipinski definition) is 1. The number of azo groups is 2. The van der Waals surface area contributed by atoms with Gasteiger partial charge in [0.25, 0.3) is 10.1 Å². The van der Waals surface area contributed by atoms with E-state index < -0.39 is 10.1 Å². The van der Waals surface area contributed by atoms with E-state index in [4.69, 9.17) is 7.98 Å². The first-order chi connectivity index (χ1) is 18.6. The first-order valence-electron chi connectivity index (χ1n) is 12.1. The number of aryl methyl sites for hydroxylation is 2. The summed E-state index contributed by atoms with van der Waals surface area (Å²) in [6.07, 6.45) is 0. The summed E-state index contributed by atoms with van der Waals surface area (Å²) in [7, 11) is 3.23. The molecular formula is C29H24BN5O3S. The van der Waals surface area contributed by atoms with Crippen LogP contribution in [0.5, 0.6) is 0 Å². The molecule has 0 aromatic heterocycles. The first kappa shape index (κ1) is 26.2. The minimum atomic E-state index is -4.44. The summed E-state index contributed by atoms with van der Waals surface area (Å²) < 4.78 is 33.4. The minimum Gasteiger partial charge on any atom is -0.427 e. The smallest absolute Gasteiger partial charge is 0.294 e. The van der Waals surface area contributed by atoms with Crippen molar-refractivity contribution in [3.63, 3.8) is 0 Å². The normalized spacial score (nSPS) is 12.2. The molecule has 8 nitrogen and oxygen atoms in total. The Labute approximate surface area is 227 Å². The predicted molar refractivity (Wildman–Crippen MR) is 156 cm³/mol. The van der Waals surface area contributed by atoms with Gasteiger partial charge >= 0.3 is 0 Å². The topological polar surface area (TPSA) is 107 Å². The van der Waals surface area contributed by atoms with E-state index in [2.05, 4.69) is 20.5 Å². The van der Waals surface area contributed by atoms with E-state index in [0.717, 1.165) is 27.6 Å². The highest BCUT2D eigenvalue weighted by Crippen LogP contribution is 2.37. The van der Waals surface area contributed by atoms with Crippen LogP contribution >= 0.6 is 0 Å². The molecule has 0 fully saturated rings. The maximum atomic E-state index is 11.9. The zero-order valence-electron chi connectivity index (χ0n) is 21.6. The van der Waals surface area contributed by atoms with Crippen LogP contribution in [0.2, 0.25) is 0 Å². The van der Waals surface area contributed by atoms with Crippen LogP contribution in [0.4, 0.5) is 28.4 Å². The molecule has 0 aliphatic heterocycles. The lowest BCUT2D eigenvalue weighted by Gasteiger charge is -2.17. The quantitative estimate of drug-likeness (QED) is 0.135. The fraction of sp³-hybridized carbons (Fsp3) is 0.103. The second-order valence-electron chi connectivity index (χ2n) is 9.25. The zero-order valence-corrected chi connectivity index (χ0v) is 22.4. The molecule has 0 atom stereocenters. The van der Waals surface area contributed by atoms with Gasteiger partial charge in [-0.3, -0.25) is 4.55 Å². The third kappa shape index (κ3) is 5.57. The van der Waals surface area contributed by atoms with Crippen molar-refractivity contribution in [2.45, 2.75) is 18.7 Å². The average molecular weight is 533 g/mol. The molecule has 192 valence electrons. The van der Waals surface area contributed by atoms with E-state index in [1.54, 1.807) is 30.1 Å². The number of rotatable bonds is 6. The van der Waals surface area contributed by atoms with Crippen molar-refractivity contribution >= 4 is 68.1 Å². The second-order valence-corrected chi connectivity index (χ2v) is 10.7. The van der Waals surface area contributed by atoms with E-state index in [-0.39, 0.29) is 4.90 Å². The van der Waals surface area contributed by atoms with E-state index in [1.165, 1.54) is 12.1 Å². The molecule has 0 heterocycles. The summed E-state index contributed by atoms with van der Waals surface area (Å²) in [5.41, 5.74) is 4.94. The molecule has 0 aliphatic rings. The average Bonchev–Trinajstić information content (AvgIpc) is 2.91. The van der Waals surface area contributed by atoms with E-state index >= 15 is 0 Å². The Morgan fingerprint density at radius 2 is 1.36 bits per heavy atom. The van der Waals surface area contributed by atoms with E-state index in [9.17, 15) is 13.0 Å². The third-order valence-corrected chi connectivity index (χ3v) is 7.26. The van der Waals surface area contributed by atoms with E-state index in [1.807, 2.05) is 68.4 Å². The van der Waals surface area contributed by atoms with Crippen LogP contribution in [-0.2, 0) is 10.1 Å². The fourth-order valence-electron chi connectivity index (χ4n) is 4.36. The Morgan fingerprint density at radius 3 is 2.08 bits per heavy atom. The Hall–Kier alpha value is -4.41. The van der Waals surface area contributed by atoms with Crippen LogP contribution in [0.3, 0.4) is 0 Å². The van der Waals surface area contributed by atoms with Crippen LogP contribution in [0.15, 0.2) is 110 Å². The summed E-state index contributed by atoms with van der Waals surface area (Å²) in [5.74, 6) is 0. The molecule has 5 aromatic rings. The van der Waals surface area contributed by atoms with Gasteiger partial charge in [-0.25, -0.2) is 0 Å². The summed E-state index contributed by atoms with van der Waals surface area (Å²) in [4.78, 5) is 1.29. The van der Waals surface area contributed by atoms with Crippen molar-refractivity contribution in [2.24, 2.45) is 20.5 Å². The lowest BCUT2D eigenvalue weighted by atomic mass is 10.1. The second kappa shape index (κ2) is 10.4. The van der Waals surface area contributed by atoms with Crippen molar-refractivity contribution in [1.29, 1.82) is 0 Å². The molecule has 5 aromatic carbocycles. The van der Waals surface area contributed by atoms with Crippen molar-refractivity contribution in [2.75, 3.05) is 11.9 Å². The van der Waals surface area contributed by atoms with Gasteiger partial charge in [0.15, 0.2) is 0 Å². The number of anilines is 1. The highest BCUT2D eigenvalue weighted by molar-refractivity contribution is 7.85. The van der Waals surface area contributed by atoms with Crippen LogP contribution in [0, 0.1) is 13.8 Å². The van der Waals surface area contributed by atoms with Crippen LogP contribution < -0.4 is 4.81 Å². The molecule has 2 radical (unpaired) electrons. The Balaban J connectivity index is 1.58. The summed E-state index contributed by atoms with van der Waals surface area (Å²) >= 11 is 0. The van der Waals surface area contributed by atoms with Crippen LogP contribution in [0.25, 0.3) is 21.5 Å². The molecule has 1 N–H and O–H groups in total. The predicted octanol–water partition coefficient (Wildman–Crippen LogP) is 8.21. The largest absolute Gasteiger partial charge is 0.427 e. The number of benzene rings is 5. The highest BCUT2D eigenvalue weighted by atomic mass is 32.2. The lowest BCUT2D eigenvalue weighted by molar-refractivity contribution is 0.483. The summed E-state index contributed by atoms with van der Waals surface area (Å²) in [6.45, 7) is 3.84. The van der Waals surface area contributed by atoms with Crippen molar-refractivity contribution in [3.05, 3.63) is 96.1 Å². The molecule has 0 unspecified atom stereocenters. The molecule has 39 heavy (non-hydrogen) atoms. The third-order valence-electron chi connectivity index (χ3n) is 6.41. The van der Waals surface area contributed by atoms with Gasteiger partial charge in [-0.15, -0.1) is 10.2 Å². The molecule has 0 aliphatic carbocycles. The molecule has 0 bridgehead atoms. The van der Waals surface area contributed by atoms with Gasteiger partial charge in [-0.05, 0) is 91.3 Å². The van der Waals surface area contributed by atoms with Crippen molar-refractivity contribution < 1.29 is 13.0 Å². The molecule has 0 saturated carbocycles. The Kier molecular flexibility index (Phi) is 6.99. The van der Waals surface area contributed by atoms with Crippen molar-refractivity contribution in [1.82, 2.24) is 0 Å². The van der Waals surface area contributed by atoms with Crippen LogP contribution in [-0.4, -0.2) is 28.0 Å². The number of fused-ring (bicyclic) bond motifs is 2.